The van der Waals surface area contributed by atoms with E-state index in [1.807, 2.05) is 42.5 Å². The zero-order valence-electron chi connectivity index (χ0n) is 12.6. The number of para-hydroxylation sites is 1. The molecule has 0 aliphatic carbocycles. The van der Waals surface area contributed by atoms with E-state index < -0.39 is 0 Å². The summed E-state index contributed by atoms with van der Waals surface area (Å²) in [7, 11) is 0. The Balaban J connectivity index is 2.01. The molecule has 0 amide bonds. The molecule has 0 aliphatic heterocycles. The van der Waals surface area contributed by atoms with Crippen molar-refractivity contribution >= 4 is 22.3 Å². The van der Waals surface area contributed by atoms with Crippen molar-refractivity contribution in [2.75, 3.05) is 11.5 Å². The fourth-order valence-corrected chi connectivity index (χ4v) is 2.96. The minimum atomic E-state index is 0.763. The van der Waals surface area contributed by atoms with Crippen LogP contribution in [0.4, 0.5) is 11.4 Å². The third kappa shape index (κ3) is 2.32. The van der Waals surface area contributed by atoms with Gasteiger partial charge >= 0.3 is 0 Å². The molecule has 3 aromatic carbocycles. The molecule has 1 heterocycles. The Morgan fingerprint density at radius 3 is 1.83 bits per heavy atom. The average molecular weight is 299 g/mol. The number of hydrogen-bond donors (Lipinski definition) is 3. The number of nitrogens with two attached hydrogens (primary N) is 2. The summed E-state index contributed by atoms with van der Waals surface area (Å²) in [6.07, 6.45) is 0. The van der Waals surface area contributed by atoms with E-state index in [0.717, 1.165) is 33.7 Å². The Kier molecular flexibility index (Phi) is 3.05. The maximum atomic E-state index is 5.84. The number of anilines is 2. The van der Waals surface area contributed by atoms with Gasteiger partial charge in [0.05, 0.1) is 5.69 Å². The van der Waals surface area contributed by atoms with Crippen molar-refractivity contribution < 1.29 is 0 Å². The molecule has 4 rings (SSSR count). The highest BCUT2D eigenvalue weighted by atomic mass is 14.7. The molecule has 23 heavy (non-hydrogen) atoms. The Morgan fingerprint density at radius 2 is 1.17 bits per heavy atom. The molecule has 0 aliphatic rings. The third-order valence-electron chi connectivity index (χ3n) is 4.10. The van der Waals surface area contributed by atoms with Crippen LogP contribution in [-0.4, -0.2) is 4.98 Å². The van der Waals surface area contributed by atoms with Crippen molar-refractivity contribution in [3.8, 4) is 22.4 Å². The lowest BCUT2D eigenvalue weighted by Gasteiger charge is -2.07. The van der Waals surface area contributed by atoms with E-state index >= 15 is 0 Å². The summed E-state index contributed by atoms with van der Waals surface area (Å²) >= 11 is 0. The number of H-pyrrole nitrogens is 1. The Labute approximate surface area is 134 Å². The molecule has 0 bridgehead atoms. The normalized spacial score (nSPS) is 11.0. The number of aromatic nitrogens is 1. The zero-order chi connectivity index (χ0) is 15.8. The topological polar surface area (TPSA) is 67.8 Å². The molecule has 1 aromatic heterocycles. The number of benzene rings is 3. The fraction of sp³-hybridized carbons (Fsp3) is 0. The minimum absolute atomic E-state index is 0.763. The Bertz CT molecular complexity index is 964. The highest BCUT2D eigenvalue weighted by Crippen LogP contribution is 2.38. The van der Waals surface area contributed by atoms with Crippen LogP contribution >= 0.6 is 0 Å². The molecule has 0 spiro atoms. The number of nitrogen functional groups attached to an aromatic ring is 2. The van der Waals surface area contributed by atoms with Gasteiger partial charge in [0.1, 0.15) is 0 Å². The predicted octanol–water partition coefficient (Wildman–Crippen LogP) is 4.67. The van der Waals surface area contributed by atoms with Crippen LogP contribution in [0.5, 0.6) is 0 Å². The van der Waals surface area contributed by atoms with E-state index in [-0.39, 0.29) is 0 Å². The first-order valence-corrected chi connectivity index (χ1v) is 7.55. The van der Waals surface area contributed by atoms with Crippen molar-refractivity contribution in [1.82, 2.24) is 4.98 Å². The highest BCUT2D eigenvalue weighted by Gasteiger charge is 2.14. The lowest BCUT2D eigenvalue weighted by Crippen LogP contribution is -1.87. The second kappa shape index (κ2) is 5.21. The fourth-order valence-electron chi connectivity index (χ4n) is 2.96. The number of rotatable bonds is 2. The van der Waals surface area contributed by atoms with E-state index in [1.165, 1.54) is 10.9 Å². The number of fused-ring (bicyclic) bond motifs is 1. The highest BCUT2D eigenvalue weighted by molar-refractivity contribution is 6.03. The molecule has 0 radical (unpaired) electrons. The van der Waals surface area contributed by atoms with Crippen molar-refractivity contribution in [2.45, 2.75) is 0 Å². The SMILES string of the molecule is Nc1ccc(-c2[nH]c3ccccc3c2-c2ccc(N)cc2)cc1. The third-order valence-corrected chi connectivity index (χ3v) is 4.10. The van der Waals surface area contributed by atoms with E-state index in [2.05, 4.69) is 35.3 Å². The van der Waals surface area contributed by atoms with Gasteiger partial charge in [-0.2, -0.15) is 0 Å². The second-order valence-electron chi connectivity index (χ2n) is 5.66. The van der Waals surface area contributed by atoms with Crippen LogP contribution in [0.3, 0.4) is 0 Å². The molecule has 0 saturated heterocycles. The average Bonchev–Trinajstić information content (AvgIpc) is 2.96. The van der Waals surface area contributed by atoms with E-state index in [4.69, 9.17) is 11.5 Å². The second-order valence-corrected chi connectivity index (χ2v) is 5.66. The van der Waals surface area contributed by atoms with Gasteiger partial charge in [0, 0.05) is 27.8 Å². The van der Waals surface area contributed by atoms with Gasteiger partial charge < -0.3 is 16.5 Å². The van der Waals surface area contributed by atoms with Gasteiger partial charge in [-0.1, -0.05) is 42.5 Å². The van der Waals surface area contributed by atoms with Gasteiger partial charge in [0.25, 0.3) is 0 Å². The summed E-state index contributed by atoms with van der Waals surface area (Å²) in [6.45, 7) is 0. The molecule has 0 unspecified atom stereocenters. The summed E-state index contributed by atoms with van der Waals surface area (Å²) in [5, 5.41) is 1.20. The van der Waals surface area contributed by atoms with Crippen molar-refractivity contribution in [3.63, 3.8) is 0 Å². The summed E-state index contributed by atoms with van der Waals surface area (Å²) in [5.74, 6) is 0. The Morgan fingerprint density at radius 1 is 0.609 bits per heavy atom. The lowest BCUT2D eigenvalue weighted by atomic mass is 9.98. The molecule has 5 N–H and O–H groups in total. The first kappa shape index (κ1) is 13.5. The van der Waals surface area contributed by atoms with Crippen LogP contribution in [0.1, 0.15) is 0 Å². The zero-order valence-corrected chi connectivity index (χ0v) is 12.6. The van der Waals surface area contributed by atoms with Crippen LogP contribution in [-0.2, 0) is 0 Å². The maximum Gasteiger partial charge on any atom is 0.0544 e. The predicted molar refractivity (Wildman–Crippen MR) is 98.0 cm³/mol. The van der Waals surface area contributed by atoms with Crippen molar-refractivity contribution in [1.29, 1.82) is 0 Å². The summed E-state index contributed by atoms with van der Waals surface area (Å²) in [6, 6.07) is 24.3. The van der Waals surface area contributed by atoms with Gasteiger partial charge in [0.2, 0.25) is 0 Å². The molecule has 0 fully saturated rings. The van der Waals surface area contributed by atoms with Crippen LogP contribution in [0.2, 0.25) is 0 Å². The largest absolute Gasteiger partial charge is 0.399 e. The van der Waals surface area contributed by atoms with Crippen molar-refractivity contribution in [2.24, 2.45) is 0 Å². The lowest BCUT2D eigenvalue weighted by molar-refractivity contribution is 1.45. The monoisotopic (exact) mass is 299 g/mol. The summed E-state index contributed by atoms with van der Waals surface area (Å²) < 4.78 is 0. The molecule has 112 valence electrons. The Hall–Kier alpha value is -3.20. The van der Waals surface area contributed by atoms with Gasteiger partial charge in [0.15, 0.2) is 0 Å². The molecule has 0 saturated carbocycles. The molecular formula is C20H17N3. The molecule has 3 nitrogen and oxygen atoms in total. The number of aromatic amines is 1. The van der Waals surface area contributed by atoms with Gasteiger partial charge in [-0.05, 0) is 41.5 Å². The minimum Gasteiger partial charge on any atom is -0.399 e. The first-order valence-electron chi connectivity index (χ1n) is 7.55. The van der Waals surface area contributed by atoms with E-state index in [1.54, 1.807) is 0 Å². The van der Waals surface area contributed by atoms with Gasteiger partial charge in [-0.3, -0.25) is 0 Å². The van der Waals surface area contributed by atoms with Crippen LogP contribution in [0, 0.1) is 0 Å². The van der Waals surface area contributed by atoms with E-state index in [0.29, 0.717) is 0 Å². The maximum absolute atomic E-state index is 5.84. The molecule has 0 atom stereocenters. The smallest absolute Gasteiger partial charge is 0.0544 e. The molecule has 3 heteroatoms. The summed E-state index contributed by atoms with van der Waals surface area (Å²) in [5.41, 5.74) is 18.8. The van der Waals surface area contributed by atoms with Gasteiger partial charge in [-0.25, -0.2) is 0 Å². The first-order chi connectivity index (χ1) is 11.2. The summed E-state index contributed by atoms with van der Waals surface area (Å²) in [4.78, 5) is 3.54. The van der Waals surface area contributed by atoms with Gasteiger partial charge in [-0.15, -0.1) is 0 Å². The van der Waals surface area contributed by atoms with Crippen LogP contribution in [0.25, 0.3) is 33.3 Å². The van der Waals surface area contributed by atoms with Crippen molar-refractivity contribution in [3.05, 3.63) is 72.8 Å². The van der Waals surface area contributed by atoms with Crippen LogP contribution < -0.4 is 11.5 Å². The molecule has 4 aromatic rings. The quantitative estimate of drug-likeness (QED) is 0.471. The van der Waals surface area contributed by atoms with Crippen LogP contribution in [0.15, 0.2) is 72.8 Å². The number of hydrogen-bond acceptors (Lipinski definition) is 2. The van der Waals surface area contributed by atoms with E-state index in [9.17, 15) is 0 Å². The molecular weight excluding hydrogens is 282 g/mol. The number of nitrogens with one attached hydrogen (secondary N) is 1. The standard InChI is InChI=1S/C20H17N3/c21-15-9-5-13(6-10-15)19-17-3-1-2-4-18(17)23-20(19)14-7-11-16(22)12-8-14/h1-12,23H,21-22H2.